The molecule has 0 aromatic rings. The minimum atomic E-state index is 0.350. The van der Waals surface area contributed by atoms with Crippen molar-refractivity contribution in [1.29, 1.82) is 0 Å². The summed E-state index contributed by atoms with van der Waals surface area (Å²) in [5.41, 5.74) is 5.27. The predicted molar refractivity (Wildman–Crippen MR) is 40.9 cm³/mol. The molecule has 0 aliphatic heterocycles. The van der Waals surface area contributed by atoms with Gasteiger partial charge in [-0.25, -0.2) is 4.99 Å². The second-order valence-corrected chi connectivity index (χ2v) is 1.68. The molecule has 2 N–H and O–H groups in total. The summed E-state index contributed by atoms with van der Waals surface area (Å²) in [4.78, 5) is 7.49. The molecule has 3 heteroatoms. The highest BCUT2D eigenvalue weighted by Crippen LogP contribution is 1.80. The van der Waals surface area contributed by atoms with Gasteiger partial charge in [-0.05, 0) is 6.42 Å². The van der Waals surface area contributed by atoms with Gasteiger partial charge >= 0.3 is 0 Å². The van der Waals surface area contributed by atoms with Gasteiger partial charge in [0.05, 0.1) is 0 Å². The Morgan fingerprint density at radius 3 is 2.78 bits per heavy atom. The minimum Gasteiger partial charge on any atom is -0.368 e. The van der Waals surface area contributed by atoms with Crippen LogP contribution in [0.5, 0.6) is 0 Å². The summed E-state index contributed by atoms with van der Waals surface area (Å²) in [5, 5.41) is 0. The third-order valence-corrected chi connectivity index (χ3v) is 0.870. The molecule has 52 valence electrons. The minimum absolute atomic E-state index is 0.350. The molecule has 0 unspecified atom stereocenters. The summed E-state index contributed by atoms with van der Waals surface area (Å²) in [6.45, 7) is 2.09. The fraction of sp³-hybridized carbons (Fsp3) is 0.667. The number of aliphatic imine (C=N–C) groups is 2. The average Bonchev–Trinajstić information content (AvgIpc) is 1.89. The van der Waals surface area contributed by atoms with Gasteiger partial charge in [0.15, 0.2) is 0 Å². The van der Waals surface area contributed by atoms with E-state index in [0.29, 0.717) is 5.96 Å². The maximum atomic E-state index is 5.27. The first kappa shape index (κ1) is 8.14. The smallest absolute Gasteiger partial charge is 0.214 e. The molecule has 0 saturated carbocycles. The van der Waals surface area contributed by atoms with Crippen molar-refractivity contribution in [2.24, 2.45) is 15.7 Å². The summed E-state index contributed by atoms with van der Waals surface area (Å²) in [6, 6.07) is 0. The van der Waals surface area contributed by atoms with Gasteiger partial charge in [0, 0.05) is 13.3 Å². The number of hydrogen-bond acceptors (Lipinski definition) is 1. The number of hydrogen-bond donors (Lipinski definition) is 1. The Hall–Kier alpha value is -0.860. The van der Waals surface area contributed by atoms with E-state index in [1.807, 2.05) is 0 Å². The van der Waals surface area contributed by atoms with Gasteiger partial charge in [0.25, 0.3) is 0 Å². The highest BCUT2D eigenvalue weighted by atomic mass is 15.0. The van der Waals surface area contributed by atoms with Gasteiger partial charge in [-0.15, -0.1) is 0 Å². The molecule has 0 aliphatic carbocycles. The van der Waals surface area contributed by atoms with E-state index in [4.69, 9.17) is 5.73 Å². The molecule has 0 spiro atoms. The summed E-state index contributed by atoms with van der Waals surface area (Å²) >= 11 is 0. The molecule has 0 amide bonds. The zero-order valence-corrected chi connectivity index (χ0v) is 5.96. The molecule has 0 fully saturated rings. The standard InChI is InChI=1S/C6H13N3/c1-3-4-5-9-6(7)8-2/h5H,3-4H2,1-2H3,(H2,7,8). The molecule has 0 atom stereocenters. The Morgan fingerprint density at radius 2 is 2.33 bits per heavy atom. The van der Waals surface area contributed by atoms with Crippen molar-refractivity contribution in [3.05, 3.63) is 0 Å². The van der Waals surface area contributed by atoms with Crippen LogP contribution >= 0.6 is 0 Å². The van der Waals surface area contributed by atoms with Gasteiger partial charge in [-0.3, -0.25) is 4.99 Å². The van der Waals surface area contributed by atoms with E-state index < -0.39 is 0 Å². The zero-order valence-electron chi connectivity index (χ0n) is 5.96. The predicted octanol–water partition coefficient (Wildman–Crippen LogP) is 0.802. The molecule has 0 bridgehead atoms. The van der Waals surface area contributed by atoms with Crippen molar-refractivity contribution in [2.75, 3.05) is 7.05 Å². The Kier molecular flexibility index (Phi) is 4.78. The maximum Gasteiger partial charge on any atom is 0.214 e. The van der Waals surface area contributed by atoms with Gasteiger partial charge < -0.3 is 5.73 Å². The molecule has 0 saturated heterocycles. The third kappa shape index (κ3) is 5.00. The molecule has 0 heterocycles. The lowest BCUT2D eigenvalue weighted by Gasteiger charge is -1.86. The van der Waals surface area contributed by atoms with Crippen molar-refractivity contribution in [3.63, 3.8) is 0 Å². The fourth-order valence-electron chi connectivity index (χ4n) is 0.345. The van der Waals surface area contributed by atoms with E-state index in [9.17, 15) is 0 Å². The lowest BCUT2D eigenvalue weighted by Crippen LogP contribution is -2.07. The molecule has 0 radical (unpaired) electrons. The third-order valence-electron chi connectivity index (χ3n) is 0.870. The quantitative estimate of drug-likeness (QED) is 0.433. The van der Waals surface area contributed by atoms with Gasteiger partial charge in [0.2, 0.25) is 5.96 Å². The van der Waals surface area contributed by atoms with Crippen LogP contribution < -0.4 is 5.73 Å². The molecule has 0 aromatic heterocycles. The Labute approximate surface area is 55.7 Å². The van der Waals surface area contributed by atoms with Gasteiger partial charge in [0.1, 0.15) is 0 Å². The second kappa shape index (κ2) is 5.28. The average molecular weight is 127 g/mol. The monoisotopic (exact) mass is 127 g/mol. The van der Waals surface area contributed by atoms with Crippen LogP contribution in [0.2, 0.25) is 0 Å². The summed E-state index contributed by atoms with van der Waals surface area (Å²) in [6.07, 6.45) is 3.85. The van der Waals surface area contributed by atoms with E-state index in [1.165, 1.54) is 0 Å². The van der Waals surface area contributed by atoms with Crippen LogP contribution in [0.15, 0.2) is 9.98 Å². The topological polar surface area (TPSA) is 50.7 Å². The van der Waals surface area contributed by atoms with Crippen molar-refractivity contribution < 1.29 is 0 Å². The molecule has 9 heavy (non-hydrogen) atoms. The summed E-state index contributed by atoms with van der Waals surface area (Å²) in [7, 11) is 1.62. The van der Waals surface area contributed by atoms with Crippen LogP contribution in [0.4, 0.5) is 0 Å². The molecule has 0 aromatic carbocycles. The van der Waals surface area contributed by atoms with Crippen LogP contribution in [0.1, 0.15) is 19.8 Å². The number of nitrogens with two attached hydrogens (primary N) is 1. The van der Waals surface area contributed by atoms with Crippen LogP contribution in [0.3, 0.4) is 0 Å². The zero-order chi connectivity index (χ0) is 7.11. The lowest BCUT2D eigenvalue weighted by molar-refractivity contribution is 1.01. The number of nitrogens with zero attached hydrogens (tertiary/aromatic N) is 2. The number of guanidine groups is 1. The highest BCUT2D eigenvalue weighted by Gasteiger charge is 1.78. The van der Waals surface area contributed by atoms with E-state index in [0.717, 1.165) is 12.8 Å². The van der Waals surface area contributed by atoms with Crippen molar-refractivity contribution in [2.45, 2.75) is 19.8 Å². The SMILES string of the molecule is CCCC=NC(N)=NC. The van der Waals surface area contributed by atoms with E-state index in [-0.39, 0.29) is 0 Å². The number of rotatable bonds is 2. The maximum absolute atomic E-state index is 5.27. The van der Waals surface area contributed by atoms with Crippen LogP contribution in [0.25, 0.3) is 0 Å². The molecule has 3 nitrogen and oxygen atoms in total. The van der Waals surface area contributed by atoms with Crippen LogP contribution in [-0.4, -0.2) is 19.2 Å². The highest BCUT2D eigenvalue weighted by molar-refractivity contribution is 5.86. The first-order chi connectivity index (χ1) is 4.31. The molecule has 0 aliphatic rings. The second-order valence-electron chi connectivity index (χ2n) is 1.68. The largest absolute Gasteiger partial charge is 0.368 e. The first-order valence-corrected chi connectivity index (χ1v) is 3.06. The Bertz CT molecular complexity index is 115. The van der Waals surface area contributed by atoms with E-state index >= 15 is 0 Å². The molecule has 0 rings (SSSR count). The van der Waals surface area contributed by atoms with Crippen molar-refractivity contribution >= 4 is 12.2 Å². The van der Waals surface area contributed by atoms with Crippen molar-refractivity contribution in [3.8, 4) is 0 Å². The molecular formula is C6H13N3. The number of unbranched alkanes of at least 4 members (excludes halogenated alkanes) is 1. The summed E-state index contributed by atoms with van der Waals surface area (Å²) < 4.78 is 0. The first-order valence-electron chi connectivity index (χ1n) is 3.06. The molecular weight excluding hydrogens is 114 g/mol. The van der Waals surface area contributed by atoms with E-state index in [2.05, 4.69) is 16.9 Å². The van der Waals surface area contributed by atoms with Gasteiger partial charge in [-0.1, -0.05) is 13.3 Å². The lowest BCUT2D eigenvalue weighted by atomic mass is 10.4. The van der Waals surface area contributed by atoms with Crippen LogP contribution in [-0.2, 0) is 0 Å². The fourth-order valence-corrected chi connectivity index (χ4v) is 0.345. The van der Waals surface area contributed by atoms with Crippen molar-refractivity contribution in [1.82, 2.24) is 0 Å². The normalized spacial score (nSPS) is 12.9. The van der Waals surface area contributed by atoms with Crippen LogP contribution in [0, 0.1) is 0 Å². The summed E-state index contributed by atoms with van der Waals surface area (Å²) in [5.74, 6) is 0.350. The van der Waals surface area contributed by atoms with E-state index in [1.54, 1.807) is 13.3 Å². The van der Waals surface area contributed by atoms with Gasteiger partial charge in [-0.2, -0.15) is 0 Å². The Balaban J connectivity index is 3.45. The Morgan fingerprint density at radius 1 is 1.67 bits per heavy atom.